The van der Waals surface area contributed by atoms with E-state index in [1.165, 1.54) is 6.42 Å². The summed E-state index contributed by atoms with van der Waals surface area (Å²) in [5.41, 5.74) is -0.364. The van der Waals surface area contributed by atoms with Crippen molar-refractivity contribution < 1.29 is 14.4 Å². The number of aliphatic hydroxyl groups is 1. The van der Waals surface area contributed by atoms with Crippen molar-refractivity contribution in [2.45, 2.75) is 75.4 Å². The minimum Gasteiger partial charge on any atom is -0.392 e. The van der Waals surface area contributed by atoms with Gasteiger partial charge in [-0.2, -0.15) is 4.98 Å². The molecule has 0 bridgehead atoms. The van der Waals surface area contributed by atoms with Crippen molar-refractivity contribution >= 4 is 0 Å². The summed E-state index contributed by atoms with van der Waals surface area (Å²) in [4.78, 5) is 4.59. The minimum absolute atomic E-state index is 0.00550. The Kier molecular flexibility index (Phi) is 4.08. The Hall–Kier alpha value is -0.940. The van der Waals surface area contributed by atoms with Crippen molar-refractivity contribution in [1.29, 1.82) is 0 Å². The van der Waals surface area contributed by atoms with E-state index >= 15 is 0 Å². The normalized spacial score (nSPS) is 30.3. The Labute approximate surface area is 119 Å². The highest BCUT2D eigenvalue weighted by atomic mass is 16.5. The van der Waals surface area contributed by atoms with Gasteiger partial charge in [0.05, 0.1) is 12.0 Å². The summed E-state index contributed by atoms with van der Waals surface area (Å²) < 4.78 is 11.2. The lowest BCUT2D eigenvalue weighted by Crippen LogP contribution is -2.26. The van der Waals surface area contributed by atoms with Crippen molar-refractivity contribution in [3.63, 3.8) is 0 Å². The van der Waals surface area contributed by atoms with Gasteiger partial charge in [0.1, 0.15) is 5.60 Å². The predicted molar refractivity (Wildman–Crippen MR) is 73.3 cm³/mol. The molecule has 0 aromatic carbocycles. The number of ether oxygens (including phenoxy) is 1. The van der Waals surface area contributed by atoms with Crippen LogP contribution in [0.3, 0.4) is 0 Å². The van der Waals surface area contributed by atoms with E-state index in [1.807, 2.05) is 0 Å². The second kappa shape index (κ2) is 5.82. The molecule has 2 aliphatic carbocycles. The summed E-state index contributed by atoms with van der Waals surface area (Å²) in [6.07, 6.45) is 8.99. The van der Waals surface area contributed by atoms with Crippen LogP contribution in [0.2, 0.25) is 0 Å². The average Bonchev–Trinajstić information content (AvgIpc) is 3.08. The Balaban J connectivity index is 1.82. The Morgan fingerprint density at radius 2 is 1.90 bits per heavy atom. The van der Waals surface area contributed by atoms with Gasteiger partial charge < -0.3 is 14.4 Å². The molecule has 0 spiro atoms. The molecule has 2 saturated carbocycles. The number of nitrogens with zero attached hydrogens (tertiary/aromatic N) is 2. The second-order valence-corrected chi connectivity index (χ2v) is 6.17. The van der Waals surface area contributed by atoms with E-state index in [2.05, 4.69) is 10.1 Å². The van der Waals surface area contributed by atoms with Gasteiger partial charge in [0, 0.05) is 7.11 Å². The first-order valence-electron chi connectivity index (χ1n) is 7.82. The number of rotatable bonds is 3. The van der Waals surface area contributed by atoms with Gasteiger partial charge in [0.15, 0.2) is 0 Å². The summed E-state index contributed by atoms with van der Waals surface area (Å²) in [5, 5.41) is 14.4. The molecule has 112 valence electrons. The van der Waals surface area contributed by atoms with Gasteiger partial charge in [-0.25, -0.2) is 0 Å². The SMILES string of the molecule is COC1(c2noc(C3CCCCCC3O)n2)CCCC1. The van der Waals surface area contributed by atoms with Crippen molar-refractivity contribution in [3.05, 3.63) is 11.7 Å². The molecular formula is C15H24N2O3. The maximum absolute atomic E-state index is 10.2. The molecule has 2 atom stereocenters. The maximum atomic E-state index is 10.2. The van der Waals surface area contributed by atoms with Gasteiger partial charge in [-0.3, -0.25) is 0 Å². The van der Waals surface area contributed by atoms with Crippen molar-refractivity contribution in [2.24, 2.45) is 0 Å². The first-order valence-corrected chi connectivity index (χ1v) is 7.82. The number of hydrogen-bond donors (Lipinski definition) is 1. The van der Waals surface area contributed by atoms with Crippen LogP contribution in [0.5, 0.6) is 0 Å². The Bertz CT molecular complexity index is 440. The number of aromatic nitrogens is 2. The minimum atomic E-state index is -0.364. The molecule has 3 rings (SSSR count). The quantitative estimate of drug-likeness (QED) is 0.862. The lowest BCUT2D eigenvalue weighted by molar-refractivity contribution is -0.0178. The van der Waals surface area contributed by atoms with E-state index in [0.29, 0.717) is 11.7 Å². The summed E-state index contributed by atoms with van der Waals surface area (Å²) >= 11 is 0. The highest BCUT2D eigenvalue weighted by molar-refractivity contribution is 5.07. The lowest BCUT2D eigenvalue weighted by atomic mass is 9.97. The molecule has 0 saturated heterocycles. The zero-order valence-electron chi connectivity index (χ0n) is 12.2. The maximum Gasteiger partial charge on any atom is 0.232 e. The van der Waals surface area contributed by atoms with Crippen LogP contribution in [0.25, 0.3) is 0 Å². The van der Waals surface area contributed by atoms with Crippen molar-refractivity contribution in [2.75, 3.05) is 7.11 Å². The fourth-order valence-corrected chi connectivity index (χ4v) is 3.61. The molecule has 0 amide bonds. The van der Waals surface area contributed by atoms with Crippen molar-refractivity contribution in [3.8, 4) is 0 Å². The second-order valence-electron chi connectivity index (χ2n) is 6.17. The van der Waals surface area contributed by atoms with Crippen LogP contribution < -0.4 is 0 Å². The van der Waals surface area contributed by atoms with Crippen LogP contribution >= 0.6 is 0 Å². The molecule has 0 radical (unpaired) electrons. The van der Waals surface area contributed by atoms with E-state index < -0.39 is 0 Å². The highest BCUT2D eigenvalue weighted by Gasteiger charge is 2.41. The summed E-state index contributed by atoms with van der Waals surface area (Å²) in [5.74, 6) is 1.26. The smallest absolute Gasteiger partial charge is 0.232 e. The van der Waals surface area contributed by atoms with Crippen LogP contribution in [0.15, 0.2) is 4.52 Å². The average molecular weight is 280 g/mol. The van der Waals surface area contributed by atoms with Gasteiger partial charge in [-0.05, 0) is 38.5 Å². The van der Waals surface area contributed by atoms with Gasteiger partial charge in [-0.15, -0.1) is 0 Å². The van der Waals surface area contributed by atoms with Gasteiger partial charge in [0.25, 0.3) is 0 Å². The standard InChI is InChI=1S/C15H24N2O3/c1-19-15(9-5-6-10-15)14-16-13(20-17-14)11-7-3-2-4-8-12(11)18/h11-12,18H,2-10H2,1H3. The lowest BCUT2D eigenvalue weighted by Gasteiger charge is -2.23. The predicted octanol–water partition coefficient (Wildman–Crippen LogP) is 2.89. The van der Waals surface area contributed by atoms with Crippen molar-refractivity contribution in [1.82, 2.24) is 10.1 Å². The van der Waals surface area contributed by atoms with Crippen LogP contribution in [0.4, 0.5) is 0 Å². The molecule has 1 N–H and O–H groups in total. The van der Waals surface area contributed by atoms with Crippen LogP contribution in [0, 0.1) is 0 Å². The zero-order chi connectivity index (χ0) is 14.0. The number of methoxy groups -OCH3 is 1. The first kappa shape index (κ1) is 14.0. The van der Waals surface area contributed by atoms with Gasteiger partial charge >= 0.3 is 0 Å². The summed E-state index contributed by atoms with van der Waals surface area (Å²) in [7, 11) is 1.72. The molecule has 5 heteroatoms. The molecule has 5 nitrogen and oxygen atoms in total. The molecule has 0 aliphatic heterocycles. The van der Waals surface area contributed by atoms with Crippen LogP contribution in [0.1, 0.15) is 75.4 Å². The highest BCUT2D eigenvalue weighted by Crippen LogP contribution is 2.41. The largest absolute Gasteiger partial charge is 0.392 e. The van der Waals surface area contributed by atoms with E-state index in [0.717, 1.165) is 51.4 Å². The fraction of sp³-hybridized carbons (Fsp3) is 0.867. The molecule has 1 heterocycles. The fourth-order valence-electron chi connectivity index (χ4n) is 3.61. The van der Waals surface area contributed by atoms with E-state index in [-0.39, 0.29) is 17.6 Å². The first-order chi connectivity index (χ1) is 9.75. The molecule has 2 fully saturated rings. The molecule has 1 aromatic heterocycles. The van der Waals surface area contributed by atoms with Crippen LogP contribution in [-0.2, 0) is 10.3 Å². The molecule has 2 aliphatic rings. The topological polar surface area (TPSA) is 68.4 Å². The van der Waals surface area contributed by atoms with Crippen LogP contribution in [-0.4, -0.2) is 28.5 Å². The van der Waals surface area contributed by atoms with Gasteiger partial charge in [-0.1, -0.05) is 24.4 Å². The number of hydrogen-bond acceptors (Lipinski definition) is 5. The number of aliphatic hydroxyl groups excluding tert-OH is 1. The third kappa shape index (κ3) is 2.49. The van der Waals surface area contributed by atoms with E-state index in [4.69, 9.17) is 9.26 Å². The molecular weight excluding hydrogens is 256 g/mol. The Morgan fingerprint density at radius 3 is 2.65 bits per heavy atom. The summed E-state index contributed by atoms with van der Waals surface area (Å²) in [6, 6.07) is 0. The third-order valence-corrected chi connectivity index (χ3v) is 4.95. The molecule has 2 unspecified atom stereocenters. The molecule has 20 heavy (non-hydrogen) atoms. The molecule has 1 aromatic rings. The van der Waals surface area contributed by atoms with Gasteiger partial charge in [0.2, 0.25) is 11.7 Å². The Morgan fingerprint density at radius 1 is 1.15 bits per heavy atom. The van der Waals surface area contributed by atoms with E-state index in [9.17, 15) is 5.11 Å². The summed E-state index contributed by atoms with van der Waals surface area (Å²) in [6.45, 7) is 0. The van der Waals surface area contributed by atoms with E-state index in [1.54, 1.807) is 7.11 Å². The monoisotopic (exact) mass is 280 g/mol. The zero-order valence-corrected chi connectivity index (χ0v) is 12.2. The third-order valence-electron chi connectivity index (χ3n) is 4.95.